The predicted molar refractivity (Wildman–Crippen MR) is 103 cm³/mol. The van der Waals surface area contributed by atoms with Gasteiger partial charge in [0.15, 0.2) is 5.82 Å². The molecule has 2 aromatic heterocycles. The molecule has 0 radical (unpaired) electrons. The monoisotopic (exact) mass is 383 g/mol. The Kier molecular flexibility index (Phi) is 6.17. The van der Waals surface area contributed by atoms with Crippen LogP contribution in [0.3, 0.4) is 0 Å². The molecule has 2 N–H and O–H groups in total. The van der Waals surface area contributed by atoms with Crippen LogP contribution >= 0.6 is 11.6 Å². The molecule has 0 saturated carbocycles. The lowest BCUT2D eigenvalue weighted by Crippen LogP contribution is -2.25. The van der Waals surface area contributed by atoms with Crippen molar-refractivity contribution in [1.82, 2.24) is 20.1 Å². The fourth-order valence-electron chi connectivity index (χ4n) is 2.38. The molecule has 0 atom stereocenters. The van der Waals surface area contributed by atoms with Gasteiger partial charge in [0.2, 0.25) is 5.91 Å². The van der Waals surface area contributed by atoms with Crippen molar-refractivity contribution in [1.29, 1.82) is 0 Å². The lowest BCUT2D eigenvalue weighted by Gasteiger charge is -2.07. The van der Waals surface area contributed by atoms with E-state index in [1.807, 2.05) is 6.07 Å². The summed E-state index contributed by atoms with van der Waals surface area (Å²) in [5, 5.41) is 10.2. The fourth-order valence-corrected chi connectivity index (χ4v) is 2.50. The maximum absolute atomic E-state index is 12.0. The first kappa shape index (κ1) is 18.6. The second kappa shape index (κ2) is 8.95. The molecule has 0 fully saturated rings. The average Bonchev–Trinajstić information content (AvgIpc) is 3.21. The van der Waals surface area contributed by atoms with Gasteiger partial charge in [-0.15, -0.1) is 0 Å². The van der Waals surface area contributed by atoms with E-state index < -0.39 is 0 Å². The first-order valence-electron chi connectivity index (χ1n) is 8.41. The molecule has 0 unspecified atom stereocenters. The standard InChI is InChI=1S/C19H18ClN5O2/c20-15-6-4-14(5-7-15)19(27)21-10-1-3-18(26)24-16-8-9-17(22-13-16)25-12-2-11-23-25/h2,4-9,11-13H,1,3,10H2,(H,21,27)(H,24,26). The van der Waals surface area contributed by atoms with Crippen molar-refractivity contribution in [3.8, 4) is 5.82 Å². The number of anilines is 1. The molecule has 1 aromatic carbocycles. The van der Waals surface area contributed by atoms with Crippen LogP contribution in [0.4, 0.5) is 5.69 Å². The Bertz CT molecular complexity index is 893. The SMILES string of the molecule is O=C(CCCNC(=O)c1ccc(Cl)cc1)Nc1ccc(-n2cccn2)nc1. The molecule has 3 rings (SSSR count). The van der Waals surface area contributed by atoms with Crippen molar-refractivity contribution in [3.05, 3.63) is 71.6 Å². The van der Waals surface area contributed by atoms with Crippen LogP contribution in [0.2, 0.25) is 5.02 Å². The average molecular weight is 384 g/mol. The minimum Gasteiger partial charge on any atom is -0.352 e. The van der Waals surface area contributed by atoms with E-state index in [1.165, 1.54) is 0 Å². The van der Waals surface area contributed by atoms with Crippen LogP contribution in [0.25, 0.3) is 5.82 Å². The van der Waals surface area contributed by atoms with E-state index in [0.29, 0.717) is 41.5 Å². The maximum atomic E-state index is 12.0. The van der Waals surface area contributed by atoms with Gasteiger partial charge >= 0.3 is 0 Å². The summed E-state index contributed by atoms with van der Waals surface area (Å²) in [4.78, 5) is 28.2. The summed E-state index contributed by atoms with van der Waals surface area (Å²) in [5.41, 5.74) is 1.15. The number of pyridine rings is 1. The molecular formula is C19H18ClN5O2. The Morgan fingerprint density at radius 3 is 2.59 bits per heavy atom. The van der Waals surface area contributed by atoms with Gasteiger partial charge in [-0.2, -0.15) is 5.10 Å². The van der Waals surface area contributed by atoms with Gasteiger partial charge in [-0.05, 0) is 48.9 Å². The number of hydrogen-bond acceptors (Lipinski definition) is 4. The molecule has 0 saturated heterocycles. The van der Waals surface area contributed by atoms with Crippen LogP contribution < -0.4 is 10.6 Å². The van der Waals surface area contributed by atoms with E-state index in [4.69, 9.17) is 11.6 Å². The summed E-state index contributed by atoms with van der Waals surface area (Å²) in [7, 11) is 0. The van der Waals surface area contributed by atoms with Gasteiger partial charge < -0.3 is 10.6 Å². The number of hydrogen-bond donors (Lipinski definition) is 2. The first-order valence-corrected chi connectivity index (χ1v) is 8.79. The number of nitrogens with one attached hydrogen (secondary N) is 2. The molecule has 8 heteroatoms. The minimum absolute atomic E-state index is 0.135. The lowest BCUT2D eigenvalue weighted by molar-refractivity contribution is -0.116. The zero-order chi connectivity index (χ0) is 19.1. The molecule has 27 heavy (non-hydrogen) atoms. The number of amides is 2. The number of benzene rings is 1. The van der Waals surface area contributed by atoms with Crippen LogP contribution in [-0.2, 0) is 4.79 Å². The van der Waals surface area contributed by atoms with Crippen LogP contribution in [-0.4, -0.2) is 33.1 Å². The molecule has 0 aliphatic heterocycles. The molecule has 3 aromatic rings. The number of halogens is 1. The van der Waals surface area contributed by atoms with Crippen molar-refractivity contribution >= 4 is 29.1 Å². The van der Waals surface area contributed by atoms with Gasteiger partial charge in [0.1, 0.15) is 0 Å². The van der Waals surface area contributed by atoms with Gasteiger partial charge in [0.25, 0.3) is 5.91 Å². The maximum Gasteiger partial charge on any atom is 0.251 e. The topological polar surface area (TPSA) is 88.9 Å². The molecule has 0 bridgehead atoms. The van der Waals surface area contributed by atoms with Crippen LogP contribution in [0, 0.1) is 0 Å². The highest BCUT2D eigenvalue weighted by molar-refractivity contribution is 6.30. The molecule has 2 amide bonds. The number of carbonyl (C=O) groups is 2. The van der Waals surface area contributed by atoms with Crippen molar-refractivity contribution in [2.45, 2.75) is 12.8 Å². The number of nitrogens with zero attached hydrogens (tertiary/aromatic N) is 3. The van der Waals surface area contributed by atoms with Crippen molar-refractivity contribution in [2.75, 3.05) is 11.9 Å². The number of carbonyl (C=O) groups excluding carboxylic acids is 2. The zero-order valence-electron chi connectivity index (χ0n) is 14.4. The fraction of sp³-hybridized carbons (Fsp3) is 0.158. The highest BCUT2D eigenvalue weighted by Gasteiger charge is 2.07. The first-order chi connectivity index (χ1) is 13.1. The van der Waals surface area contributed by atoms with E-state index in [1.54, 1.807) is 59.7 Å². The number of aromatic nitrogens is 3. The molecule has 0 spiro atoms. The molecule has 7 nitrogen and oxygen atoms in total. The van der Waals surface area contributed by atoms with Gasteiger partial charge in [-0.1, -0.05) is 11.6 Å². The van der Waals surface area contributed by atoms with Gasteiger partial charge in [0.05, 0.1) is 11.9 Å². The normalized spacial score (nSPS) is 10.4. The second-order valence-corrected chi connectivity index (χ2v) is 6.21. The molecular weight excluding hydrogens is 366 g/mol. The molecule has 2 heterocycles. The van der Waals surface area contributed by atoms with Crippen molar-refractivity contribution in [2.24, 2.45) is 0 Å². The predicted octanol–water partition coefficient (Wildman–Crippen LogP) is 3.07. The second-order valence-electron chi connectivity index (χ2n) is 5.77. The largest absolute Gasteiger partial charge is 0.352 e. The Morgan fingerprint density at radius 2 is 1.93 bits per heavy atom. The summed E-state index contributed by atoms with van der Waals surface area (Å²) in [6, 6.07) is 12.0. The highest BCUT2D eigenvalue weighted by atomic mass is 35.5. The Labute approximate surface area is 161 Å². The molecule has 0 aliphatic rings. The summed E-state index contributed by atoms with van der Waals surface area (Å²) in [6.45, 7) is 0.408. The number of rotatable bonds is 7. The van der Waals surface area contributed by atoms with Gasteiger partial charge in [-0.3, -0.25) is 9.59 Å². The minimum atomic E-state index is -0.189. The third-order valence-electron chi connectivity index (χ3n) is 3.74. The van der Waals surface area contributed by atoms with E-state index in [9.17, 15) is 9.59 Å². The van der Waals surface area contributed by atoms with Crippen LogP contribution in [0.1, 0.15) is 23.2 Å². The Hall–Kier alpha value is -3.19. The quantitative estimate of drug-likeness (QED) is 0.613. The van der Waals surface area contributed by atoms with E-state index in [0.717, 1.165) is 0 Å². The zero-order valence-corrected chi connectivity index (χ0v) is 15.2. The highest BCUT2D eigenvalue weighted by Crippen LogP contribution is 2.10. The Balaban J connectivity index is 1.39. The van der Waals surface area contributed by atoms with Crippen molar-refractivity contribution < 1.29 is 9.59 Å². The van der Waals surface area contributed by atoms with E-state index in [2.05, 4.69) is 20.7 Å². The third-order valence-corrected chi connectivity index (χ3v) is 4.00. The van der Waals surface area contributed by atoms with Crippen LogP contribution in [0.5, 0.6) is 0 Å². The van der Waals surface area contributed by atoms with Gasteiger partial charge in [-0.25, -0.2) is 9.67 Å². The molecule has 138 valence electrons. The van der Waals surface area contributed by atoms with E-state index >= 15 is 0 Å². The molecule has 0 aliphatic carbocycles. The summed E-state index contributed by atoms with van der Waals surface area (Å²) in [5.74, 6) is 0.345. The smallest absolute Gasteiger partial charge is 0.251 e. The van der Waals surface area contributed by atoms with Crippen molar-refractivity contribution in [3.63, 3.8) is 0 Å². The van der Waals surface area contributed by atoms with Crippen LogP contribution in [0.15, 0.2) is 61.1 Å². The van der Waals surface area contributed by atoms with E-state index in [-0.39, 0.29) is 11.8 Å². The third kappa shape index (κ3) is 5.39. The summed E-state index contributed by atoms with van der Waals surface area (Å²) in [6.07, 6.45) is 5.87. The summed E-state index contributed by atoms with van der Waals surface area (Å²) >= 11 is 5.79. The lowest BCUT2D eigenvalue weighted by atomic mass is 10.2. The Morgan fingerprint density at radius 1 is 1.11 bits per heavy atom. The summed E-state index contributed by atoms with van der Waals surface area (Å²) < 4.78 is 1.63. The van der Waals surface area contributed by atoms with Gasteiger partial charge in [0, 0.05) is 35.9 Å².